The van der Waals surface area contributed by atoms with Gasteiger partial charge in [-0.25, -0.2) is 0 Å². The predicted octanol–water partition coefficient (Wildman–Crippen LogP) is 2.00. The highest BCUT2D eigenvalue weighted by Crippen LogP contribution is 2.34. The second-order valence-corrected chi connectivity index (χ2v) is 4.81. The van der Waals surface area contributed by atoms with Crippen LogP contribution in [0.1, 0.15) is 26.7 Å². The van der Waals surface area contributed by atoms with Crippen molar-refractivity contribution < 1.29 is 19.1 Å². The van der Waals surface area contributed by atoms with Crippen LogP contribution in [0.4, 0.5) is 5.69 Å². The lowest BCUT2D eigenvalue weighted by molar-refractivity contribution is -0.143. The highest BCUT2D eigenvalue weighted by atomic mass is 16.7. The van der Waals surface area contributed by atoms with E-state index in [0.29, 0.717) is 30.3 Å². The highest BCUT2D eigenvalue weighted by Gasteiger charge is 2.21. The molecule has 6 nitrogen and oxygen atoms in total. The summed E-state index contributed by atoms with van der Waals surface area (Å²) < 4.78 is 10.4. The second kappa shape index (κ2) is 6.97. The number of carbonyl (C=O) groups is 2. The van der Waals surface area contributed by atoms with Crippen molar-refractivity contribution in [3.05, 3.63) is 18.2 Å². The fourth-order valence-electron chi connectivity index (χ4n) is 2.16. The maximum absolute atomic E-state index is 12.1. The van der Waals surface area contributed by atoms with Crippen LogP contribution in [-0.2, 0) is 9.59 Å². The molecule has 6 heteroatoms. The summed E-state index contributed by atoms with van der Waals surface area (Å²) in [4.78, 5) is 25.7. The number of fused-ring (bicyclic) bond motifs is 1. The number of carbonyl (C=O) groups excluding carboxylic acids is 2. The molecule has 2 amide bonds. The molecule has 1 aliphatic heterocycles. The molecule has 21 heavy (non-hydrogen) atoms. The first kappa shape index (κ1) is 15.2. The molecule has 1 heterocycles. The van der Waals surface area contributed by atoms with Crippen molar-refractivity contribution in [3.63, 3.8) is 0 Å². The second-order valence-electron chi connectivity index (χ2n) is 4.81. The molecule has 0 atom stereocenters. The van der Waals surface area contributed by atoms with Crippen molar-refractivity contribution in [2.75, 3.05) is 25.2 Å². The minimum absolute atomic E-state index is 0.173. The maximum atomic E-state index is 12.1. The monoisotopic (exact) mass is 292 g/mol. The number of nitrogens with one attached hydrogen (secondary N) is 1. The Morgan fingerprint density at radius 3 is 2.48 bits per heavy atom. The first-order valence-corrected chi connectivity index (χ1v) is 7.15. The van der Waals surface area contributed by atoms with E-state index in [1.165, 1.54) is 0 Å². The summed E-state index contributed by atoms with van der Waals surface area (Å²) in [5.74, 6) is 0.0734. The molecule has 1 aliphatic rings. The zero-order valence-electron chi connectivity index (χ0n) is 12.3. The van der Waals surface area contributed by atoms with E-state index in [1.807, 2.05) is 13.8 Å². The highest BCUT2D eigenvalue weighted by molar-refractivity contribution is 6.39. The third-order valence-electron chi connectivity index (χ3n) is 3.10. The zero-order valence-corrected chi connectivity index (χ0v) is 12.3. The van der Waals surface area contributed by atoms with Crippen molar-refractivity contribution in [1.82, 2.24) is 4.90 Å². The molecule has 1 N–H and O–H groups in total. The Morgan fingerprint density at radius 1 is 1.14 bits per heavy atom. The molecule has 0 fully saturated rings. The van der Waals surface area contributed by atoms with Gasteiger partial charge in [0.25, 0.3) is 0 Å². The summed E-state index contributed by atoms with van der Waals surface area (Å²) >= 11 is 0. The van der Waals surface area contributed by atoms with Gasteiger partial charge in [-0.05, 0) is 25.0 Å². The van der Waals surface area contributed by atoms with Gasteiger partial charge in [0.1, 0.15) is 0 Å². The molecule has 1 aromatic rings. The number of hydrogen-bond acceptors (Lipinski definition) is 4. The SMILES string of the molecule is CCCN(CCC)C(=O)C(=O)Nc1ccc2c(c1)OCO2. The third-order valence-corrected chi connectivity index (χ3v) is 3.10. The summed E-state index contributed by atoms with van der Waals surface area (Å²) in [6.45, 7) is 5.30. The first-order chi connectivity index (χ1) is 10.2. The van der Waals surface area contributed by atoms with Crippen LogP contribution in [0, 0.1) is 0 Å². The molecule has 0 aliphatic carbocycles. The minimum atomic E-state index is -0.629. The molecule has 0 saturated heterocycles. The topological polar surface area (TPSA) is 67.9 Å². The Bertz CT molecular complexity index is 524. The summed E-state index contributed by atoms with van der Waals surface area (Å²) in [5.41, 5.74) is 0.519. The Morgan fingerprint density at radius 2 is 1.81 bits per heavy atom. The van der Waals surface area contributed by atoms with E-state index in [4.69, 9.17) is 9.47 Å². The number of rotatable bonds is 5. The molecule has 2 rings (SSSR count). The summed E-state index contributed by atoms with van der Waals surface area (Å²) in [6.07, 6.45) is 1.64. The fraction of sp³-hybridized carbons (Fsp3) is 0.467. The van der Waals surface area contributed by atoms with Gasteiger partial charge < -0.3 is 19.7 Å². The van der Waals surface area contributed by atoms with Crippen LogP contribution in [0.2, 0.25) is 0 Å². The smallest absolute Gasteiger partial charge is 0.313 e. The van der Waals surface area contributed by atoms with Gasteiger partial charge >= 0.3 is 11.8 Å². The Labute approximate surface area is 124 Å². The van der Waals surface area contributed by atoms with Crippen molar-refractivity contribution >= 4 is 17.5 Å². The van der Waals surface area contributed by atoms with E-state index in [9.17, 15) is 9.59 Å². The molecule has 0 bridgehead atoms. The van der Waals surface area contributed by atoms with Gasteiger partial charge in [-0.2, -0.15) is 0 Å². The van der Waals surface area contributed by atoms with Gasteiger partial charge in [-0.15, -0.1) is 0 Å². The first-order valence-electron chi connectivity index (χ1n) is 7.15. The molecule has 0 aromatic heterocycles. The number of anilines is 1. The Balaban J connectivity index is 2.01. The van der Waals surface area contributed by atoms with E-state index in [1.54, 1.807) is 23.1 Å². The molecule has 0 spiro atoms. The van der Waals surface area contributed by atoms with Crippen molar-refractivity contribution in [2.45, 2.75) is 26.7 Å². The number of amides is 2. The molecule has 1 aromatic carbocycles. The van der Waals surface area contributed by atoms with E-state index < -0.39 is 11.8 Å². The third kappa shape index (κ3) is 3.65. The van der Waals surface area contributed by atoms with Crippen LogP contribution >= 0.6 is 0 Å². The van der Waals surface area contributed by atoms with Crippen molar-refractivity contribution in [1.29, 1.82) is 0 Å². The number of ether oxygens (including phenoxy) is 2. The van der Waals surface area contributed by atoms with Gasteiger partial charge in [0.05, 0.1) is 0 Å². The fourth-order valence-corrected chi connectivity index (χ4v) is 2.16. The number of benzene rings is 1. The van der Waals surface area contributed by atoms with Crippen molar-refractivity contribution in [2.24, 2.45) is 0 Å². The molecule has 0 radical (unpaired) electrons. The predicted molar refractivity (Wildman–Crippen MR) is 78.4 cm³/mol. The van der Waals surface area contributed by atoms with Crippen LogP contribution in [0.15, 0.2) is 18.2 Å². The molecule has 0 saturated carbocycles. The van der Waals surface area contributed by atoms with Crippen LogP contribution in [0.25, 0.3) is 0 Å². The van der Waals surface area contributed by atoms with Gasteiger partial charge in [0.2, 0.25) is 6.79 Å². The standard InChI is InChI=1S/C15H20N2O4/c1-3-7-17(8-4-2)15(19)14(18)16-11-5-6-12-13(9-11)21-10-20-12/h5-6,9H,3-4,7-8,10H2,1-2H3,(H,16,18). The van der Waals surface area contributed by atoms with Crippen LogP contribution in [0.3, 0.4) is 0 Å². The lowest BCUT2D eigenvalue weighted by atomic mass is 10.2. The van der Waals surface area contributed by atoms with Gasteiger partial charge in [0, 0.05) is 24.8 Å². The number of nitrogens with zero attached hydrogens (tertiary/aromatic N) is 1. The largest absolute Gasteiger partial charge is 0.454 e. The van der Waals surface area contributed by atoms with Gasteiger partial charge in [0.15, 0.2) is 11.5 Å². The van der Waals surface area contributed by atoms with E-state index in [2.05, 4.69) is 5.32 Å². The normalized spacial score (nSPS) is 12.1. The van der Waals surface area contributed by atoms with Crippen LogP contribution in [0.5, 0.6) is 11.5 Å². The molecular weight excluding hydrogens is 272 g/mol. The lowest BCUT2D eigenvalue weighted by Gasteiger charge is -2.20. The summed E-state index contributed by atoms with van der Waals surface area (Å²) in [7, 11) is 0. The maximum Gasteiger partial charge on any atom is 0.313 e. The van der Waals surface area contributed by atoms with E-state index in [0.717, 1.165) is 12.8 Å². The summed E-state index contributed by atoms with van der Waals surface area (Å²) in [6, 6.07) is 5.04. The summed E-state index contributed by atoms with van der Waals surface area (Å²) in [5, 5.41) is 2.60. The molecule has 0 unspecified atom stereocenters. The molecular formula is C15H20N2O4. The van der Waals surface area contributed by atoms with Crippen molar-refractivity contribution in [3.8, 4) is 11.5 Å². The van der Waals surface area contributed by atoms with Gasteiger partial charge in [-0.3, -0.25) is 9.59 Å². The lowest BCUT2D eigenvalue weighted by Crippen LogP contribution is -2.40. The average molecular weight is 292 g/mol. The minimum Gasteiger partial charge on any atom is -0.454 e. The Kier molecular flexibility index (Phi) is 5.03. The quantitative estimate of drug-likeness (QED) is 0.843. The van der Waals surface area contributed by atoms with Crippen LogP contribution < -0.4 is 14.8 Å². The Hall–Kier alpha value is -2.24. The van der Waals surface area contributed by atoms with E-state index >= 15 is 0 Å². The number of hydrogen-bond donors (Lipinski definition) is 1. The molecule has 114 valence electrons. The zero-order chi connectivity index (χ0) is 15.2. The average Bonchev–Trinajstić information content (AvgIpc) is 2.93. The van der Waals surface area contributed by atoms with E-state index in [-0.39, 0.29) is 6.79 Å². The van der Waals surface area contributed by atoms with Gasteiger partial charge in [-0.1, -0.05) is 13.8 Å². The van der Waals surface area contributed by atoms with Crippen LogP contribution in [-0.4, -0.2) is 36.6 Å².